The second kappa shape index (κ2) is 3.31. The molecule has 18 heavy (non-hydrogen) atoms. The van der Waals surface area contributed by atoms with Crippen LogP contribution in [-0.4, -0.2) is 0 Å². The molecule has 3 aromatic carbocycles. The smallest absolute Gasteiger partial charge is 0.0500 e. The highest BCUT2D eigenvalue weighted by atomic mass is 14.8. The number of fused-ring (bicyclic) bond motifs is 4. The Morgan fingerprint density at radius 2 is 1.44 bits per heavy atom. The van der Waals surface area contributed by atoms with E-state index in [1.54, 1.807) is 0 Å². The highest BCUT2D eigenvalue weighted by molar-refractivity contribution is 6.01. The standard InChI is InChI=1S/C16H14N2/c17-15-12-6-5-11-7-9-3-1-2-4-10(9)8-13(11)14(12)16(15)18/h1-8,15-16H,17-18H2. The molecular weight excluding hydrogens is 220 g/mol. The van der Waals surface area contributed by atoms with E-state index in [1.807, 2.05) is 0 Å². The van der Waals surface area contributed by atoms with Crippen molar-refractivity contribution in [2.75, 3.05) is 0 Å². The molecule has 2 heteroatoms. The third kappa shape index (κ3) is 1.14. The number of rotatable bonds is 0. The van der Waals surface area contributed by atoms with Crippen LogP contribution in [0.5, 0.6) is 0 Å². The second-order valence-corrected chi connectivity index (χ2v) is 5.04. The molecule has 0 spiro atoms. The minimum Gasteiger partial charge on any atom is -0.322 e. The van der Waals surface area contributed by atoms with E-state index in [0.717, 1.165) is 0 Å². The molecule has 2 unspecified atom stereocenters. The maximum Gasteiger partial charge on any atom is 0.0500 e. The Kier molecular flexibility index (Phi) is 1.85. The quantitative estimate of drug-likeness (QED) is 0.587. The van der Waals surface area contributed by atoms with Crippen LogP contribution in [-0.2, 0) is 0 Å². The first-order valence-corrected chi connectivity index (χ1v) is 6.22. The first-order chi connectivity index (χ1) is 8.75. The molecule has 4 rings (SSSR count). The van der Waals surface area contributed by atoms with Gasteiger partial charge < -0.3 is 11.5 Å². The van der Waals surface area contributed by atoms with E-state index in [2.05, 4.69) is 48.5 Å². The molecule has 0 saturated carbocycles. The fraction of sp³-hybridized carbons (Fsp3) is 0.125. The Morgan fingerprint density at radius 3 is 2.22 bits per heavy atom. The van der Waals surface area contributed by atoms with E-state index in [-0.39, 0.29) is 12.1 Å². The van der Waals surface area contributed by atoms with E-state index in [4.69, 9.17) is 11.5 Å². The maximum absolute atomic E-state index is 6.12. The van der Waals surface area contributed by atoms with Gasteiger partial charge in [-0.25, -0.2) is 0 Å². The maximum atomic E-state index is 6.12. The molecule has 0 saturated heterocycles. The fourth-order valence-electron chi connectivity index (χ4n) is 2.99. The molecule has 0 bridgehead atoms. The van der Waals surface area contributed by atoms with E-state index >= 15 is 0 Å². The summed E-state index contributed by atoms with van der Waals surface area (Å²) in [5, 5.41) is 5.02. The summed E-state index contributed by atoms with van der Waals surface area (Å²) >= 11 is 0. The molecule has 3 aromatic rings. The van der Waals surface area contributed by atoms with Gasteiger partial charge in [-0.2, -0.15) is 0 Å². The molecule has 0 heterocycles. The summed E-state index contributed by atoms with van der Waals surface area (Å²) < 4.78 is 0. The van der Waals surface area contributed by atoms with E-state index in [0.29, 0.717) is 0 Å². The molecule has 2 atom stereocenters. The molecule has 0 fully saturated rings. The normalized spacial score (nSPS) is 21.9. The Hall–Kier alpha value is -1.90. The van der Waals surface area contributed by atoms with Gasteiger partial charge in [-0.1, -0.05) is 36.4 Å². The van der Waals surface area contributed by atoms with Gasteiger partial charge in [0, 0.05) is 6.04 Å². The third-order valence-corrected chi connectivity index (χ3v) is 4.04. The Bertz CT molecular complexity index is 776. The summed E-state index contributed by atoms with van der Waals surface area (Å²) in [6.07, 6.45) is 0. The molecule has 1 aliphatic carbocycles. The van der Waals surface area contributed by atoms with Crippen molar-refractivity contribution in [2.45, 2.75) is 12.1 Å². The van der Waals surface area contributed by atoms with Crippen molar-refractivity contribution in [1.82, 2.24) is 0 Å². The topological polar surface area (TPSA) is 52.0 Å². The molecule has 0 aliphatic heterocycles. The van der Waals surface area contributed by atoms with Crippen molar-refractivity contribution in [3.63, 3.8) is 0 Å². The van der Waals surface area contributed by atoms with E-state index < -0.39 is 0 Å². The van der Waals surface area contributed by atoms with Crippen LogP contribution in [0, 0.1) is 0 Å². The first kappa shape index (κ1) is 10.1. The Balaban J connectivity index is 2.14. The highest BCUT2D eigenvalue weighted by Gasteiger charge is 2.33. The van der Waals surface area contributed by atoms with Crippen LogP contribution in [0.3, 0.4) is 0 Å². The average Bonchev–Trinajstić information content (AvgIpc) is 2.42. The molecule has 0 amide bonds. The van der Waals surface area contributed by atoms with Crippen LogP contribution in [0.2, 0.25) is 0 Å². The Labute approximate surface area is 105 Å². The third-order valence-electron chi connectivity index (χ3n) is 4.04. The van der Waals surface area contributed by atoms with Gasteiger partial charge in [-0.05, 0) is 44.8 Å². The van der Waals surface area contributed by atoms with Gasteiger partial charge in [-0.15, -0.1) is 0 Å². The van der Waals surface area contributed by atoms with Crippen molar-refractivity contribution in [1.29, 1.82) is 0 Å². The van der Waals surface area contributed by atoms with Gasteiger partial charge >= 0.3 is 0 Å². The van der Waals surface area contributed by atoms with Crippen LogP contribution >= 0.6 is 0 Å². The lowest BCUT2D eigenvalue weighted by Crippen LogP contribution is -2.36. The van der Waals surface area contributed by atoms with Gasteiger partial charge in [0.2, 0.25) is 0 Å². The summed E-state index contributed by atoms with van der Waals surface area (Å²) in [6, 6.07) is 17.1. The average molecular weight is 234 g/mol. The van der Waals surface area contributed by atoms with Crippen LogP contribution in [0.4, 0.5) is 0 Å². The molecule has 88 valence electrons. The number of benzene rings is 3. The molecule has 1 aliphatic rings. The van der Waals surface area contributed by atoms with E-state index in [1.165, 1.54) is 32.7 Å². The van der Waals surface area contributed by atoms with Crippen LogP contribution in [0.25, 0.3) is 21.5 Å². The largest absolute Gasteiger partial charge is 0.322 e. The van der Waals surface area contributed by atoms with Gasteiger partial charge in [0.15, 0.2) is 0 Å². The monoisotopic (exact) mass is 234 g/mol. The van der Waals surface area contributed by atoms with Gasteiger partial charge in [0.05, 0.1) is 6.04 Å². The number of hydrogen-bond donors (Lipinski definition) is 2. The summed E-state index contributed by atoms with van der Waals surface area (Å²) in [7, 11) is 0. The van der Waals surface area contributed by atoms with Crippen LogP contribution in [0.15, 0.2) is 48.5 Å². The molecule has 0 radical (unpaired) electrons. The molecule has 0 aromatic heterocycles. The predicted molar refractivity (Wildman–Crippen MR) is 75.3 cm³/mol. The summed E-state index contributed by atoms with van der Waals surface area (Å²) in [5.41, 5.74) is 14.6. The zero-order valence-corrected chi connectivity index (χ0v) is 9.93. The lowest BCUT2D eigenvalue weighted by atomic mass is 9.76. The Morgan fingerprint density at radius 1 is 0.722 bits per heavy atom. The first-order valence-electron chi connectivity index (χ1n) is 6.22. The van der Waals surface area contributed by atoms with Gasteiger partial charge in [-0.3, -0.25) is 0 Å². The van der Waals surface area contributed by atoms with Crippen molar-refractivity contribution in [3.05, 3.63) is 59.7 Å². The molecule has 4 N–H and O–H groups in total. The zero-order valence-electron chi connectivity index (χ0n) is 9.93. The number of nitrogens with two attached hydrogens (primary N) is 2. The number of hydrogen-bond acceptors (Lipinski definition) is 2. The van der Waals surface area contributed by atoms with E-state index in [9.17, 15) is 0 Å². The van der Waals surface area contributed by atoms with Crippen LogP contribution < -0.4 is 11.5 Å². The van der Waals surface area contributed by atoms with Crippen molar-refractivity contribution in [3.8, 4) is 0 Å². The predicted octanol–water partition coefficient (Wildman–Crippen LogP) is 3.01. The molecular formula is C16H14N2. The van der Waals surface area contributed by atoms with Gasteiger partial charge in [0.25, 0.3) is 0 Å². The van der Waals surface area contributed by atoms with Crippen molar-refractivity contribution >= 4 is 21.5 Å². The van der Waals surface area contributed by atoms with Gasteiger partial charge in [0.1, 0.15) is 0 Å². The lowest BCUT2D eigenvalue weighted by Gasteiger charge is -2.35. The summed E-state index contributed by atoms with van der Waals surface area (Å²) in [6.45, 7) is 0. The van der Waals surface area contributed by atoms with Crippen molar-refractivity contribution < 1.29 is 0 Å². The lowest BCUT2D eigenvalue weighted by molar-refractivity contribution is 0.504. The zero-order chi connectivity index (χ0) is 12.3. The summed E-state index contributed by atoms with van der Waals surface area (Å²) in [4.78, 5) is 0. The van der Waals surface area contributed by atoms with Crippen LogP contribution in [0.1, 0.15) is 23.2 Å². The van der Waals surface area contributed by atoms with Crippen molar-refractivity contribution in [2.24, 2.45) is 11.5 Å². The fourth-order valence-corrected chi connectivity index (χ4v) is 2.99. The SMILES string of the molecule is NC1c2ccc3cc4ccccc4cc3c2C1N. The highest BCUT2D eigenvalue weighted by Crippen LogP contribution is 2.44. The summed E-state index contributed by atoms with van der Waals surface area (Å²) in [5.74, 6) is 0. The molecule has 2 nitrogen and oxygen atoms in total. The minimum atomic E-state index is -0.0233. The minimum absolute atomic E-state index is 0.00382. The second-order valence-electron chi connectivity index (χ2n) is 5.04.